The molecular weight excluding hydrogens is 274 g/mol. The third-order valence-corrected chi connectivity index (χ3v) is 4.44. The smallest absolute Gasteiger partial charge is 0.255 e. The Hall–Kier alpha value is -1.60. The van der Waals surface area contributed by atoms with Crippen LogP contribution in [0.3, 0.4) is 0 Å². The minimum absolute atomic E-state index is 0.320. The molecule has 1 aromatic rings. The van der Waals surface area contributed by atoms with Gasteiger partial charge in [0.05, 0.1) is 16.7 Å². The average Bonchev–Trinajstić information content (AvgIpc) is 2.48. The lowest BCUT2D eigenvalue weighted by atomic mass is 9.76. The van der Waals surface area contributed by atoms with Crippen molar-refractivity contribution in [2.45, 2.75) is 44.6 Å². The van der Waals surface area contributed by atoms with Gasteiger partial charge in [-0.25, -0.2) is 0 Å². The van der Waals surface area contributed by atoms with E-state index < -0.39 is 5.54 Å². The van der Waals surface area contributed by atoms with Gasteiger partial charge in [-0.2, -0.15) is 5.26 Å². The molecule has 20 heavy (non-hydrogen) atoms. The van der Waals surface area contributed by atoms with E-state index in [9.17, 15) is 10.1 Å². The number of nitrogens with one attached hydrogen (secondary N) is 1. The van der Waals surface area contributed by atoms with Crippen molar-refractivity contribution in [1.29, 1.82) is 5.26 Å². The summed E-state index contributed by atoms with van der Waals surface area (Å²) in [6, 6.07) is 3.86. The summed E-state index contributed by atoms with van der Waals surface area (Å²) in [5, 5.41) is 12.7. The number of halogens is 1. The number of carbonyl (C=O) groups excluding carboxylic acids is 1. The van der Waals surface area contributed by atoms with Crippen molar-refractivity contribution in [3.63, 3.8) is 0 Å². The summed E-state index contributed by atoms with van der Waals surface area (Å²) in [5.41, 5.74) is -0.441. The van der Waals surface area contributed by atoms with Gasteiger partial charge in [0.15, 0.2) is 0 Å². The van der Waals surface area contributed by atoms with Crippen LogP contribution in [0.4, 0.5) is 0 Å². The zero-order valence-electron chi connectivity index (χ0n) is 11.5. The minimum Gasteiger partial charge on any atom is -0.334 e. The van der Waals surface area contributed by atoms with Crippen LogP contribution in [0.25, 0.3) is 0 Å². The zero-order chi connectivity index (χ0) is 14.6. The van der Waals surface area contributed by atoms with Crippen molar-refractivity contribution in [2.75, 3.05) is 0 Å². The molecule has 1 aliphatic carbocycles. The fraction of sp³-hybridized carbons (Fsp3) is 0.533. The molecule has 5 heteroatoms. The van der Waals surface area contributed by atoms with E-state index in [1.807, 2.05) is 0 Å². The van der Waals surface area contributed by atoms with Crippen LogP contribution >= 0.6 is 11.6 Å². The Bertz CT molecular complexity index is 530. The van der Waals surface area contributed by atoms with Crippen LogP contribution in [-0.2, 0) is 0 Å². The molecule has 0 aliphatic heterocycles. The average molecular weight is 292 g/mol. The first-order valence-corrected chi connectivity index (χ1v) is 7.31. The van der Waals surface area contributed by atoms with Gasteiger partial charge in [0.25, 0.3) is 5.91 Å². The first kappa shape index (κ1) is 14.8. The zero-order valence-corrected chi connectivity index (χ0v) is 12.3. The SMILES string of the molecule is CCC1CCC(C#N)(NC(=O)c2cnccc2Cl)CC1. The van der Waals surface area contributed by atoms with Crippen LogP contribution in [0.2, 0.25) is 5.02 Å². The van der Waals surface area contributed by atoms with Crippen LogP contribution in [0.1, 0.15) is 49.4 Å². The summed E-state index contributed by atoms with van der Waals surface area (Å²) < 4.78 is 0. The van der Waals surface area contributed by atoms with Crippen LogP contribution in [0, 0.1) is 17.2 Å². The summed E-state index contributed by atoms with van der Waals surface area (Å²) in [7, 11) is 0. The number of carbonyl (C=O) groups is 1. The molecule has 1 aromatic heterocycles. The molecule has 1 fully saturated rings. The van der Waals surface area contributed by atoms with Crippen molar-refractivity contribution < 1.29 is 4.79 Å². The molecule has 0 spiro atoms. The number of rotatable bonds is 3. The maximum absolute atomic E-state index is 12.3. The molecule has 1 aliphatic rings. The second-order valence-corrected chi connectivity index (χ2v) is 5.76. The number of pyridine rings is 1. The highest BCUT2D eigenvalue weighted by Crippen LogP contribution is 2.33. The summed E-state index contributed by atoms with van der Waals surface area (Å²) in [4.78, 5) is 16.2. The number of nitriles is 1. The van der Waals surface area contributed by atoms with Crippen LogP contribution in [0.5, 0.6) is 0 Å². The molecule has 1 heterocycles. The van der Waals surface area contributed by atoms with Gasteiger partial charge in [0.1, 0.15) is 5.54 Å². The van der Waals surface area contributed by atoms with Gasteiger partial charge < -0.3 is 5.32 Å². The fourth-order valence-corrected chi connectivity index (χ4v) is 2.86. The van der Waals surface area contributed by atoms with Crippen LogP contribution in [0.15, 0.2) is 18.5 Å². The Morgan fingerprint density at radius 3 is 2.85 bits per heavy atom. The number of aromatic nitrogens is 1. The topological polar surface area (TPSA) is 65.8 Å². The predicted octanol–water partition coefficient (Wildman–Crippen LogP) is 3.33. The third kappa shape index (κ3) is 3.10. The Morgan fingerprint density at radius 1 is 1.60 bits per heavy atom. The van der Waals surface area contributed by atoms with E-state index in [2.05, 4.69) is 23.3 Å². The predicted molar refractivity (Wildman–Crippen MR) is 77.3 cm³/mol. The largest absolute Gasteiger partial charge is 0.334 e. The first-order chi connectivity index (χ1) is 9.60. The van der Waals surface area contributed by atoms with Gasteiger partial charge in [-0.05, 0) is 37.7 Å². The maximum Gasteiger partial charge on any atom is 0.255 e. The van der Waals surface area contributed by atoms with Gasteiger partial charge in [0.2, 0.25) is 0 Å². The molecule has 1 saturated carbocycles. The van der Waals surface area contributed by atoms with Crippen molar-refractivity contribution in [3.8, 4) is 6.07 Å². The molecule has 0 atom stereocenters. The molecule has 0 bridgehead atoms. The van der Waals surface area contributed by atoms with Crippen molar-refractivity contribution >= 4 is 17.5 Å². The molecule has 1 amide bonds. The van der Waals surface area contributed by atoms with Gasteiger partial charge in [-0.1, -0.05) is 24.9 Å². The van der Waals surface area contributed by atoms with Gasteiger partial charge >= 0.3 is 0 Å². The van der Waals surface area contributed by atoms with E-state index in [1.165, 1.54) is 12.4 Å². The summed E-state index contributed by atoms with van der Waals surface area (Å²) in [6.45, 7) is 2.16. The monoisotopic (exact) mass is 291 g/mol. The number of amides is 1. The lowest BCUT2D eigenvalue weighted by Gasteiger charge is -2.35. The van der Waals surface area contributed by atoms with E-state index >= 15 is 0 Å². The number of hydrogen-bond donors (Lipinski definition) is 1. The van der Waals surface area contributed by atoms with E-state index in [4.69, 9.17) is 11.6 Å². The van der Waals surface area contributed by atoms with Crippen molar-refractivity contribution in [3.05, 3.63) is 29.0 Å². The van der Waals surface area contributed by atoms with Crippen LogP contribution < -0.4 is 5.32 Å². The van der Waals surface area contributed by atoms with Crippen LogP contribution in [-0.4, -0.2) is 16.4 Å². The standard InChI is InChI=1S/C15H18ClN3O/c1-2-11-3-6-15(10-17,7-4-11)19-14(20)12-9-18-8-5-13(12)16/h5,8-9,11H,2-4,6-7H2,1H3,(H,19,20). The van der Waals surface area contributed by atoms with Gasteiger partial charge in [-0.3, -0.25) is 9.78 Å². The number of nitrogens with zero attached hydrogens (tertiary/aromatic N) is 2. The van der Waals surface area contributed by atoms with Gasteiger partial charge in [0, 0.05) is 12.4 Å². The molecule has 2 rings (SSSR count). The normalized spacial score (nSPS) is 25.8. The molecular formula is C15H18ClN3O. The van der Waals surface area contributed by atoms with E-state index in [-0.39, 0.29) is 5.91 Å². The van der Waals surface area contributed by atoms with Crippen molar-refractivity contribution in [1.82, 2.24) is 10.3 Å². The molecule has 0 unspecified atom stereocenters. The molecule has 106 valence electrons. The van der Waals surface area contributed by atoms with E-state index in [1.54, 1.807) is 6.07 Å². The molecule has 4 nitrogen and oxygen atoms in total. The lowest BCUT2D eigenvalue weighted by molar-refractivity contribution is 0.0891. The second-order valence-electron chi connectivity index (χ2n) is 5.36. The van der Waals surface area contributed by atoms with E-state index in [0.717, 1.165) is 19.3 Å². The van der Waals surface area contributed by atoms with Crippen molar-refractivity contribution in [2.24, 2.45) is 5.92 Å². The molecule has 1 N–H and O–H groups in total. The second kappa shape index (κ2) is 6.23. The lowest BCUT2D eigenvalue weighted by Crippen LogP contribution is -2.49. The Morgan fingerprint density at radius 2 is 2.30 bits per heavy atom. The highest BCUT2D eigenvalue weighted by atomic mass is 35.5. The first-order valence-electron chi connectivity index (χ1n) is 6.93. The quantitative estimate of drug-likeness (QED) is 0.929. The molecule has 0 aromatic carbocycles. The Labute approximate surface area is 124 Å². The third-order valence-electron chi connectivity index (χ3n) is 4.12. The van der Waals surface area contributed by atoms with E-state index in [0.29, 0.717) is 29.3 Å². The van der Waals surface area contributed by atoms with Gasteiger partial charge in [-0.15, -0.1) is 0 Å². The summed E-state index contributed by atoms with van der Waals surface area (Å²) >= 11 is 5.99. The highest BCUT2D eigenvalue weighted by Gasteiger charge is 2.36. The maximum atomic E-state index is 12.3. The summed E-state index contributed by atoms with van der Waals surface area (Å²) in [6.07, 6.45) is 7.45. The molecule has 0 radical (unpaired) electrons. The highest BCUT2D eigenvalue weighted by molar-refractivity contribution is 6.33. The Kier molecular flexibility index (Phi) is 4.61. The number of hydrogen-bond acceptors (Lipinski definition) is 3. The minimum atomic E-state index is -0.762. The Balaban J connectivity index is 2.10. The fourth-order valence-electron chi connectivity index (χ4n) is 2.67. The molecule has 0 saturated heterocycles. The summed E-state index contributed by atoms with van der Waals surface area (Å²) in [5.74, 6) is 0.343.